The van der Waals surface area contributed by atoms with Crippen LogP contribution < -0.4 is 4.90 Å². The van der Waals surface area contributed by atoms with Crippen molar-refractivity contribution in [2.75, 3.05) is 4.90 Å². The summed E-state index contributed by atoms with van der Waals surface area (Å²) in [6, 6.07) is 82.4. The van der Waals surface area contributed by atoms with E-state index in [-0.39, 0.29) is 5.41 Å². The molecular weight excluding hydrogens is 723 g/mol. The van der Waals surface area contributed by atoms with Crippen molar-refractivity contribution < 1.29 is 0 Å². The third kappa shape index (κ3) is 6.19. The van der Waals surface area contributed by atoms with Gasteiger partial charge >= 0.3 is 0 Å². The van der Waals surface area contributed by atoms with Gasteiger partial charge in [-0.3, -0.25) is 0 Å². The molecular formula is C59H43N. The van der Waals surface area contributed by atoms with Gasteiger partial charge in [0.25, 0.3) is 0 Å². The molecule has 0 N–H and O–H groups in total. The third-order valence-electron chi connectivity index (χ3n) is 12.7. The van der Waals surface area contributed by atoms with Crippen LogP contribution in [0.4, 0.5) is 17.1 Å². The smallest absolute Gasteiger partial charge is 0.0543 e. The van der Waals surface area contributed by atoms with E-state index in [1.165, 1.54) is 94.0 Å². The van der Waals surface area contributed by atoms with Gasteiger partial charge in [-0.2, -0.15) is 0 Å². The first-order valence-electron chi connectivity index (χ1n) is 20.9. The van der Waals surface area contributed by atoms with Gasteiger partial charge in [-0.05, 0) is 125 Å². The van der Waals surface area contributed by atoms with Crippen molar-refractivity contribution in [3.05, 3.63) is 236 Å². The van der Waals surface area contributed by atoms with Crippen molar-refractivity contribution >= 4 is 38.6 Å². The monoisotopic (exact) mass is 765 g/mol. The van der Waals surface area contributed by atoms with Crippen molar-refractivity contribution in [3.63, 3.8) is 0 Å². The average molecular weight is 766 g/mol. The molecule has 0 unspecified atom stereocenters. The fourth-order valence-electron chi connectivity index (χ4n) is 9.42. The molecule has 0 saturated carbocycles. The molecule has 0 fully saturated rings. The molecule has 1 nitrogen and oxygen atoms in total. The number of rotatable bonds is 7. The fourth-order valence-corrected chi connectivity index (χ4v) is 9.42. The molecule has 1 aliphatic rings. The highest BCUT2D eigenvalue weighted by Gasteiger charge is 2.37. The molecule has 0 atom stereocenters. The molecule has 0 heterocycles. The lowest BCUT2D eigenvalue weighted by molar-refractivity contribution is 0.660. The predicted octanol–water partition coefficient (Wildman–Crippen LogP) is 16.4. The summed E-state index contributed by atoms with van der Waals surface area (Å²) in [7, 11) is 0. The van der Waals surface area contributed by atoms with Crippen LogP contribution in [0.2, 0.25) is 0 Å². The normalized spacial score (nSPS) is 12.6. The Morgan fingerprint density at radius 1 is 0.300 bits per heavy atom. The number of nitrogens with zero attached hydrogens (tertiary/aromatic N) is 1. The molecule has 1 aliphatic carbocycles. The SMILES string of the molecule is CC1(C)c2ccccc2-c2c(N(c3ccc(-c4ccc(-c5ccc6ccccc6c5)cc4)cc3)c3cccc(-c4ccc(-c5ccc6ccccc6c5)cc4)c3)cccc21. The molecule has 0 amide bonds. The van der Waals surface area contributed by atoms with Gasteiger partial charge in [0.05, 0.1) is 5.69 Å². The van der Waals surface area contributed by atoms with Gasteiger partial charge in [0.15, 0.2) is 0 Å². The number of hydrogen-bond donors (Lipinski definition) is 0. The topological polar surface area (TPSA) is 3.24 Å². The van der Waals surface area contributed by atoms with Gasteiger partial charge in [-0.25, -0.2) is 0 Å². The van der Waals surface area contributed by atoms with Gasteiger partial charge in [0.2, 0.25) is 0 Å². The molecule has 0 spiro atoms. The van der Waals surface area contributed by atoms with Crippen molar-refractivity contribution in [2.45, 2.75) is 19.3 Å². The summed E-state index contributed by atoms with van der Waals surface area (Å²) < 4.78 is 0. The van der Waals surface area contributed by atoms with Crippen molar-refractivity contribution in [1.29, 1.82) is 0 Å². The Bertz CT molecular complexity index is 3210. The number of hydrogen-bond acceptors (Lipinski definition) is 1. The van der Waals surface area contributed by atoms with Gasteiger partial charge in [-0.1, -0.05) is 196 Å². The zero-order valence-corrected chi connectivity index (χ0v) is 33.8. The van der Waals surface area contributed by atoms with Crippen molar-refractivity contribution in [2.24, 2.45) is 0 Å². The van der Waals surface area contributed by atoms with Gasteiger partial charge in [-0.15, -0.1) is 0 Å². The second-order valence-corrected chi connectivity index (χ2v) is 16.6. The molecule has 10 aromatic carbocycles. The summed E-state index contributed by atoms with van der Waals surface area (Å²) in [6.07, 6.45) is 0. The van der Waals surface area contributed by atoms with Crippen LogP contribution in [-0.4, -0.2) is 0 Å². The Balaban J connectivity index is 0.972. The molecule has 11 rings (SSSR count). The molecule has 0 bridgehead atoms. The number of fused-ring (bicyclic) bond motifs is 5. The Labute approximate surface area is 352 Å². The van der Waals surface area contributed by atoms with Crippen LogP contribution >= 0.6 is 0 Å². The summed E-state index contributed by atoms with van der Waals surface area (Å²) >= 11 is 0. The molecule has 0 saturated heterocycles. The van der Waals surface area contributed by atoms with E-state index in [4.69, 9.17) is 0 Å². The summed E-state index contributed by atoms with van der Waals surface area (Å²) in [5.41, 5.74) is 18.3. The Morgan fingerprint density at radius 2 is 0.733 bits per heavy atom. The molecule has 10 aromatic rings. The van der Waals surface area contributed by atoms with Crippen LogP contribution in [0.15, 0.2) is 224 Å². The van der Waals surface area contributed by atoms with E-state index in [9.17, 15) is 0 Å². The van der Waals surface area contributed by atoms with Gasteiger partial charge in [0, 0.05) is 22.4 Å². The fraction of sp³-hybridized carbons (Fsp3) is 0.0508. The lowest BCUT2D eigenvalue weighted by Crippen LogP contribution is -2.16. The van der Waals surface area contributed by atoms with E-state index in [1.807, 2.05) is 0 Å². The first-order valence-corrected chi connectivity index (χ1v) is 20.9. The molecule has 284 valence electrons. The number of benzene rings is 10. The minimum atomic E-state index is -0.106. The van der Waals surface area contributed by atoms with Crippen LogP contribution in [0.3, 0.4) is 0 Å². The summed E-state index contributed by atoms with van der Waals surface area (Å²) in [6.45, 7) is 4.71. The lowest BCUT2D eigenvalue weighted by atomic mass is 9.82. The van der Waals surface area contributed by atoms with Crippen LogP contribution in [-0.2, 0) is 5.41 Å². The summed E-state index contributed by atoms with van der Waals surface area (Å²) in [4.78, 5) is 2.45. The van der Waals surface area contributed by atoms with E-state index < -0.39 is 0 Å². The number of anilines is 3. The minimum absolute atomic E-state index is 0.106. The molecule has 60 heavy (non-hydrogen) atoms. The highest BCUT2D eigenvalue weighted by molar-refractivity contribution is 5.96. The van der Waals surface area contributed by atoms with E-state index in [1.54, 1.807) is 0 Å². The molecule has 0 aliphatic heterocycles. The maximum absolute atomic E-state index is 2.45. The maximum Gasteiger partial charge on any atom is 0.0543 e. The molecule has 0 radical (unpaired) electrons. The first-order chi connectivity index (χ1) is 29.5. The zero-order chi connectivity index (χ0) is 40.2. The largest absolute Gasteiger partial charge is 0.310 e. The van der Waals surface area contributed by atoms with Crippen LogP contribution in [0.5, 0.6) is 0 Å². The lowest BCUT2D eigenvalue weighted by Gasteiger charge is -2.29. The third-order valence-corrected chi connectivity index (χ3v) is 12.7. The summed E-state index contributed by atoms with van der Waals surface area (Å²) in [5, 5.41) is 5.04. The first kappa shape index (κ1) is 35.7. The highest BCUT2D eigenvalue weighted by Crippen LogP contribution is 2.54. The Hall–Kier alpha value is -7.48. The van der Waals surface area contributed by atoms with Crippen molar-refractivity contribution in [3.8, 4) is 55.6 Å². The van der Waals surface area contributed by atoms with E-state index in [0.29, 0.717) is 0 Å². The zero-order valence-electron chi connectivity index (χ0n) is 33.8. The Kier molecular flexibility index (Phi) is 8.57. The second kappa shape index (κ2) is 14.4. The van der Waals surface area contributed by atoms with Gasteiger partial charge < -0.3 is 4.90 Å². The highest BCUT2D eigenvalue weighted by atomic mass is 15.1. The van der Waals surface area contributed by atoms with Crippen LogP contribution in [0.1, 0.15) is 25.0 Å². The molecule has 0 aromatic heterocycles. The predicted molar refractivity (Wildman–Crippen MR) is 255 cm³/mol. The van der Waals surface area contributed by atoms with Crippen molar-refractivity contribution in [1.82, 2.24) is 0 Å². The molecule has 1 heteroatoms. The summed E-state index contributed by atoms with van der Waals surface area (Å²) in [5.74, 6) is 0. The van der Waals surface area contributed by atoms with E-state index >= 15 is 0 Å². The van der Waals surface area contributed by atoms with Crippen LogP contribution in [0, 0.1) is 0 Å². The second-order valence-electron chi connectivity index (χ2n) is 16.6. The van der Waals surface area contributed by atoms with E-state index in [2.05, 4.69) is 243 Å². The van der Waals surface area contributed by atoms with Crippen LogP contribution in [0.25, 0.3) is 77.2 Å². The van der Waals surface area contributed by atoms with Gasteiger partial charge in [0.1, 0.15) is 0 Å². The maximum atomic E-state index is 2.45. The Morgan fingerprint density at radius 3 is 1.32 bits per heavy atom. The average Bonchev–Trinajstić information content (AvgIpc) is 3.55. The quantitative estimate of drug-likeness (QED) is 0.156. The minimum Gasteiger partial charge on any atom is -0.310 e. The standard InChI is InChI=1S/C59H43N/c1-59(2)55-18-8-7-17-54(55)58-56(59)19-10-20-57(58)60(52-35-33-43(34-36-52)42-21-23-45(24-22-42)50-31-29-40-11-3-5-13-47(40)37-50)53-16-9-15-49(39-53)44-25-27-46(28-26-44)51-32-30-41-12-4-6-14-48(41)38-51/h3-39H,1-2H3. The van der Waals surface area contributed by atoms with E-state index in [0.717, 1.165) is 11.4 Å².